The van der Waals surface area contributed by atoms with Gasteiger partial charge in [0, 0.05) is 43.1 Å². The van der Waals surface area contributed by atoms with Gasteiger partial charge in [-0.05, 0) is 55.2 Å². The molecular formula is C29H38BrF2N5O5. The van der Waals surface area contributed by atoms with Crippen molar-refractivity contribution in [1.29, 1.82) is 0 Å². The minimum atomic E-state index is -2.91. The predicted molar refractivity (Wildman–Crippen MR) is 153 cm³/mol. The van der Waals surface area contributed by atoms with E-state index in [1.165, 1.54) is 7.05 Å². The largest absolute Gasteiger partial charge is 0.487 e. The summed E-state index contributed by atoms with van der Waals surface area (Å²) >= 11 is 3.63. The molecule has 1 saturated heterocycles. The van der Waals surface area contributed by atoms with E-state index in [9.17, 15) is 28.3 Å². The third-order valence-electron chi connectivity index (χ3n) is 9.31. The van der Waals surface area contributed by atoms with Gasteiger partial charge in [-0.25, -0.2) is 14.6 Å². The summed E-state index contributed by atoms with van der Waals surface area (Å²) in [5, 5.41) is 10.7. The summed E-state index contributed by atoms with van der Waals surface area (Å²) in [4.78, 5) is 42.9. The number of alkyl halides is 2. The number of halogens is 3. The number of hydrazine groups is 1. The van der Waals surface area contributed by atoms with E-state index in [0.29, 0.717) is 50.1 Å². The van der Waals surface area contributed by atoms with Gasteiger partial charge in [0.1, 0.15) is 18.1 Å². The molecular weight excluding hydrogens is 616 g/mol. The number of carboxylic acid groups (broad SMARTS) is 1. The average Bonchev–Trinajstić information content (AvgIpc) is 3.62. The number of rotatable bonds is 9. The molecule has 13 heteroatoms. The second-order valence-electron chi connectivity index (χ2n) is 12.1. The molecule has 3 atom stereocenters. The van der Waals surface area contributed by atoms with Gasteiger partial charge in [-0.2, -0.15) is 0 Å². The minimum Gasteiger partial charge on any atom is -0.487 e. The number of allylic oxidation sites excluding steroid dienone is 1. The third kappa shape index (κ3) is 5.95. The third-order valence-corrected chi connectivity index (χ3v) is 10.1. The first kappa shape index (κ1) is 30.5. The standard InChI is InChI=1S/C29H38BrF2N5O5/c1-35(34)25(26(31)32)20(33)14-42-22-7-6-19(30)18-8-11-37(27(39)16-4-2-3-5-17(16)28(40)41)21(24(18)22)13-36-15-29(9-10-29)12-23(36)38/h6-7,16-17,21,26H,2-5,8-15,33-34H2,1H3,(H,40,41)/b25-20-. The lowest BCUT2D eigenvalue weighted by Gasteiger charge is -2.43. The normalized spacial score (nSPS) is 25.4. The first-order valence-corrected chi connectivity index (χ1v) is 15.2. The van der Waals surface area contributed by atoms with Crippen LogP contribution >= 0.6 is 15.9 Å². The maximum Gasteiger partial charge on any atom is 0.307 e. The lowest BCUT2D eigenvalue weighted by molar-refractivity contribution is -0.154. The smallest absolute Gasteiger partial charge is 0.307 e. The van der Waals surface area contributed by atoms with Crippen molar-refractivity contribution in [2.24, 2.45) is 28.8 Å². The van der Waals surface area contributed by atoms with Crippen LogP contribution < -0.4 is 16.3 Å². The van der Waals surface area contributed by atoms with Crippen LogP contribution in [0.1, 0.15) is 62.1 Å². The van der Waals surface area contributed by atoms with E-state index in [1.807, 2.05) is 0 Å². The number of carbonyl (C=O) groups excluding carboxylic acids is 2. The van der Waals surface area contributed by atoms with E-state index >= 15 is 0 Å². The van der Waals surface area contributed by atoms with E-state index in [1.54, 1.807) is 21.9 Å². The van der Waals surface area contributed by atoms with Crippen molar-refractivity contribution in [2.45, 2.75) is 63.8 Å². The van der Waals surface area contributed by atoms with E-state index in [4.69, 9.17) is 16.3 Å². The molecule has 5 N–H and O–H groups in total. The number of nitrogens with zero attached hydrogens (tertiary/aromatic N) is 3. The van der Waals surface area contributed by atoms with Crippen LogP contribution in [0, 0.1) is 17.3 Å². The highest BCUT2D eigenvalue weighted by atomic mass is 79.9. The van der Waals surface area contributed by atoms with Crippen molar-refractivity contribution in [3.05, 3.63) is 39.1 Å². The topological polar surface area (TPSA) is 142 Å². The Hall–Kier alpha value is -2.93. The van der Waals surface area contributed by atoms with Gasteiger partial charge in [0.2, 0.25) is 11.8 Å². The zero-order chi connectivity index (χ0) is 30.3. The highest BCUT2D eigenvalue weighted by Crippen LogP contribution is 2.54. The Kier molecular flexibility index (Phi) is 8.71. The van der Waals surface area contributed by atoms with Crippen molar-refractivity contribution < 1.29 is 33.0 Å². The molecule has 2 heterocycles. The molecule has 0 aromatic heterocycles. The lowest BCUT2D eigenvalue weighted by atomic mass is 9.77. The minimum absolute atomic E-state index is 0.0109. The number of amides is 2. The lowest BCUT2D eigenvalue weighted by Crippen LogP contribution is -2.50. The van der Waals surface area contributed by atoms with Gasteiger partial charge in [0.05, 0.1) is 23.6 Å². The maximum atomic E-state index is 14.2. The van der Waals surface area contributed by atoms with Gasteiger partial charge in [-0.1, -0.05) is 28.8 Å². The molecule has 3 fully saturated rings. The van der Waals surface area contributed by atoms with Gasteiger partial charge in [-0.15, -0.1) is 0 Å². The number of ether oxygens (including phenoxy) is 1. The summed E-state index contributed by atoms with van der Waals surface area (Å²) in [6.07, 6.45) is 2.51. The Morgan fingerprint density at radius 3 is 2.52 bits per heavy atom. The summed E-state index contributed by atoms with van der Waals surface area (Å²) in [5.41, 5.74) is 6.77. The van der Waals surface area contributed by atoms with E-state index in [0.717, 1.165) is 40.7 Å². The average molecular weight is 655 g/mol. The number of benzene rings is 1. The fourth-order valence-electron chi connectivity index (χ4n) is 6.91. The van der Waals surface area contributed by atoms with Crippen LogP contribution in [-0.2, 0) is 20.8 Å². The van der Waals surface area contributed by atoms with Crippen molar-refractivity contribution >= 4 is 33.7 Å². The Balaban J connectivity index is 1.52. The van der Waals surface area contributed by atoms with Crippen molar-refractivity contribution in [1.82, 2.24) is 14.8 Å². The molecule has 2 amide bonds. The summed E-state index contributed by atoms with van der Waals surface area (Å²) < 4.78 is 34.1. The van der Waals surface area contributed by atoms with Gasteiger partial charge in [-0.3, -0.25) is 14.4 Å². The monoisotopic (exact) mass is 653 g/mol. The number of carbonyl (C=O) groups is 3. The Labute approximate surface area is 252 Å². The second kappa shape index (κ2) is 12.0. The number of hydrogen-bond acceptors (Lipinski definition) is 7. The van der Waals surface area contributed by atoms with Crippen molar-refractivity contribution in [3.63, 3.8) is 0 Å². The van der Waals surface area contributed by atoms with Crippen molar-refractivity contribution in [2.75, 3.05) is 33.3 Å². The molecule has 2 saturated carbocycles. The molecule has 1 aromatic carbocycles. The summed E-state index contributed by atoms with van der Waals surface area (Å²) in [6.45, 7) is 0.826. The van der Waals surface area contributed by atoms with Gasteiger partial charge in [0.25, 0.3) is 6.43 Å². The van der Waals surface area contributed by atoms with Crippen LogP contribution in [0.5, 0.6) is 5.75 Å². The number of nitrogens with two attached hydrogens (primary N) is 2. The molecule has 42 heavy (non-hydrogen) atoms. The van der Waals surface area contributed by atoms with E-state index < -0.39 is 36.0 Å². The van der Waals surface area contributed by atoms with E-state index in [2.05, 4.69) is 15.9 Å². The summed E-state index contributed by atoms with van der Waals surface area (Å²) in [6, 6.07) is 2.88. The first-order valence-electron chi connectivity index (χ1n) is 14.4. The molecule has 3 unspecified atom stereocenters. The highest BCUT2D eigenvalue weighted by Gasteiger charge is 2.53. The molecule has 2 aliphatic heterocycles. The Bertz CT molecular complexity index is 1280. The van der Waals surface area contributed by atoms with E-state index in [-0.39, 0.29) is 36.1 Å². The summed E-state index contributed by atoms with van der Waals surface area (Å²) in [5.74, 6) is 3.34. The van der Waals surface area contributed by atoms with Crippen molar-refractivity contribution in [3.8, 4) is 5.75 Å². The molecule has 5 rings (SSSR count). The Morgan fingerprint density at radius 2 is 1.93 bits per heavy atom. The van der Waals surface area contributed by atoms with Crippen LogP contribution in [0.4, 0.5) is 8.78 Å². The Morgan fingerprint density at radius 1 is 1.24 bits per heavy atom. The quantitative estimate of drug-likeness (QED) is 0.272. The van der Waals surface area contributed by atoms with Gasteiger partial charge < -0.3 is 30.4 Å². The number of fused-ring (bicyclic) bond motifs is 1. The fraction of sp³-hybridized carbons (Fsp3) is 0.621. The van der Waals surface area contributed by atoms with Crippen LogP contribution in [0.15, 0.2) is 28.0 Å². The predicted octanol–water partition coefficient (Wildman–Crippen LogP) is 3.40. The SMILES string of the molecule is CN(N)/C(=C(\N)COc1ccc(Br)c2c1C(CN1CC3(CC3)CC1=O)N(C(=O)C1CCCCC1C(=O)O)CC2)C(F)F. The summed E-state index contributed by atoms with van der Waals surface area (Å²) in [7, 11) is 1.27. The molecule has 1 spiro atoms. The molecule has 230 valence electrons. The second-order valence-corrected chi connectivity index (χ2v) is 13.0. The zero-order valence-corrected chi connectivity index (χ0v) is 25.2. The van der Waals surface area contributed by atoms with Crippen LogP contribution in [0.25, 0.3) is 0 Å². The number of carboxylic acids is 1. The molecule has 4 aliphatic rings. The van der Waals surface area contributed by atoms with Gasteiger partial charge in [0.15, 0.2) is 0 Å². The molecule has 0 radical (unpaired) electrons. The zero-order valence-electron chi connectivity index (χ0n) is 23.7. The fourth-order valence-corrected chi connectivity index (χ4v) is 7.46. The number of aliphatic carboxylic acids is 1. The number of likely N-dealkylation sites (tertiary alicyclic amines) is 1. The first-order chi connectivity index (χ1) is 19.9. The maximum absolute atomic E-state index is 14.2. The van der Waals surface area contributed by atoms with Crippen LogP contribution in [-0.4, -0.2) is 77.4 Å². The molecule has 1 aromatic rings. The van der Waals surface area contributed by atoms with Crippen LogP contribution in [0.2, 0.25) is 0 Å². The molecule has 10 nitrogen and oxygen atoms in total. The number of hydrogen-bond donors (Lipinski definition) is 3. The molecule has 2 aliphatic carbocycles. The van der Waals surface area contributed by atoms with Crippen LogP contribution in [0.3, 0.4) is 0 Å². The highest BCUT2D eigenvalue weighted by molar-refractivity contribution is 9.10. The molecule has 0 bridgehead atoms. The van der Waals surface area contributed by atoms with Gasteiger partial charge >= 0.3 is 5.97 Å².